The van der Waals surface area contributed by atoms with Gasteiger partial charge in [0, 0.05) is 61.0 Å². The van der Waals surface area contributed by atoms with Gasteiger partial charge in [-0.1, -0.05) is 6.07 Å². The molecular weight excluding hydrogens is 505 g/mol. The molecule has 0 saturated carbocycles. The number of amides is 1. The third kappa shape index (κ3) is 6.95. The summed E-state index contributed by atoms with van der Waals surface area (Å²) in [5, 5.41) is 3.36. The average Bonchev–Trinajstić information content (AvgIpc) is 3.02. The van der Waals surface area contributed by atoms with E-state index in [0.29, 0.717) is 30.8 Å². The quantitative estimate of drug-likeness (QED) is 0.270. The normalized spacial score (nSPS) is 14.0. The summed E-state index contributed by atoms with van der Waals surface area (Å²) < 4.78 is 13.2. The summed E-state index contributed by atoms with van der Waals surface area (Å²) in [4.78, 5) is 38.9. The molecule has 0 unspecified atom stereocenters. The van der Waals surface area contributed by atoms with Crippen LogP contribution in [0.2, 0.25) is 0 Å². The monoisotopic (exact) mass is 537 g/mol. The standard InChI is InChI=1S/C32H32FN5O2/c33-28-9-5-25(6-10-28)31(39)26-13-17-37(18-14-26)19-20-38(30-4-2-16-35-23-30)32(40)27-7-11-29(12-8-27)36-22-24-3-1-15-34-21-24/h1-12,15-16,21,23,26,36H,13-14,17-20,22H2. The van der Waals surface area contributed by atoms with E-state index in [4.69, 9.17) is 0 Å². The zero-order chi connectivity index (χ0) is 27.7. The van der Waals surface area contributed by atoms with E-state index in [1.807, 2.05) is 54.7 Å². The first-order chi connectivity index (χ1) is 19.6. The molecule has 0 atom stereocenters. The largest absolute Gasteiger partial charge is 0.381 e. The van der Waals surface area contributed by atoms with Crippen LogP contribution in [0.15, 0.2) is 97.6 Å². The highest BCUT2D eigenvalue weighted by molar-refractivity contribution is 6.06. The van der Waals surface area contributed by atoms with Gasteiger partial charge in [0.15, 0.2) is 5.78 Å². The number of anilines is 2. The van der Waals surface area contributed by atoms with Crippen LogP contribution in [0.5, 0.6) is 0 Å². The number of pyridine rings is 2. The Morgan fingerprint density at radius 2 is 1.55 bits per heavy atom. The van der Waals surface area contributed by atoms with E-state index in [9.17, 15) is 14.0 Å². The number of nitrogens with zero attached hydrogens (tertiary/aromatic N) is 4. The van der Waals surface area contributed by atoms with Crippen LogP contribution < -0.4 is 10.2 Å². The molecule has 2 aromatic carbocycles. The van der Waals surface area contributed by atoms with Gasteiger partial charge in [-0.3, -0.25) is 19.6 Å². The minimum Gasteiger partial charge on any atom is -0.381 e. The van der Waals surface area contributed by atoms with Gasteiger partial charge >= 0.3 is 0 Å². The highest BCUT2D eigenvalue weighted by atomic mass is 19.1. The molecule has 1 amide bonds. The Morgan fingerprint density at radius 1 is 0.875 bits per heavy atom. The Balaban J connectivity index is 1.18. The van der Waals surface area contributed by atoms with Crippen LogP contribution in [0.3, 0.4) is 0 Å². The average molecular weight is 538 g/mol. The van der Waals surface area contributed by atoms with E-state index >= 15 is 0 Å². The minimum absolute atomic E-state index is 0.0666. The van der Waals surface area contributed by atoms with E-state index in [1.54, 1.807) is 35.6 Å². The number of nitrogens with one attached hydrogen (secondary N) is 1. The predicted octanol–water partition coefficient (Wildman–Crippen LogP) is 5.47. The van der Waals surface area contributed by atoms with Crippen molar-refractivity contribution in [2.24, 2.45) is 5.92 Å². The van der Waals surface area contributed by atoms with Crippen molar-refractivity contribution in [1.82, 2.24) is 14.9 Å². The first-order valence-corrected chi connectivity index (χ1v) is 13.5. The number of halogens is 1. The molecule has 40 heavy (non-hydrogen) atoms. The molecule has 204 valence electrons. The van der Waals surface area contributed by atoms with Gasteiger partial charge in [-0.25, -0.2) is 4.39 Å². The number of likely N-dealkylation sites (tertiary alicyclic amines) is 1. The molecule has 2 aromatic heterocycles. The Morgan fingerprint density at radius 3 is 2.20 bits per heavy atom. The van der Waals surface area contributed by atoms with Gasteiger partial charge in [0.2, 0.25) is 0 Å². The maximum Gasteiger partial charge on any atom is 0.258 e. The lowest BCUT2D eigenvalue weighted by atomic mass is 9.89. The van der Waals surface area contributed by atoms with E-state index in [-0.39, 0.29) is 23.4 Å². The molecule has 0 aliphatic carbocycles. The fraction of sp³-hybridized carbons (Fsp3) is 0.250. The molecule has 7 nitrogen and oxygen atoms in total. The third-order valence-electron chi connectivity index (χ3n) is 7.28. The van der Waals surface area contributed by atoms with Gasteiger partial charge in [-0.2, -0.15) is 0 Å². The van der Waals surface area contributed by atoms with Crippen molar-refractivity contribution in [3.05, 3.63) is 120 Å². The molecule has 0 radical (unpaired) electrons. The molecule has 8 heteroatoms. The molecule has 1 fully saturated rings. The van der Waals surface area contributed by atoms with Gasteiger partial charge in [-0.05, 0) is 98.2 Å². The molecule has 1 aliphatic heterocycles. The highest BCUT2D eigenvalue weighted by Gasteiger charge is 2.27. The number of piperidine rings is 1. The number of aromatic nitrogens is 2. The number of ketones is 1. The Kier molecular flexibility index (Phi) is 8.88. The first kappa shape index (κ1) is 27.1. The molecular formula is C32H32FN5O2. The molecule has 1 saturated heterocycles. The van der Waals surface area contributed by atoms with Crippen molar-refractivity contribution < 1.29 is 14.0 Å². The van der Waals surface area contributed by atoms with Crippen LogP contribution in [-0.4, -0.2) is 52.7 Å². The predicted molar refractivity (Wildman–Crippen MR) is 154 cm³/mol. The number of benzene rings is 2. The second kappa shape index (κ2) is 13.1. The molecule has 4 aromatic rings. The highest BCUT2D eigenvalue weighted by Crippen LogP contribution is 2.23. The summed E-state index contributed by atoms with van der Waals surface area (Å²) in [6, 6.07) is 20.9. The zero-order valence-electron chi connectivity index (χ0n) is 22.2. The van der Waals surface area contributed by atoms with Crippen molar-refractivity contribution in [2.45, 2.75) is 19.4 Å². The number of hydrogen-bond acceptors (Lipinski definition) is 6. The third-order valence-corrected chi connectivity index (χ3v) is 7.28. The van der Waals surface area contributed by atoms with Crippen molar-refractivity contribution in [3.8, 4) is 0 Å². The van der Waals surface area contributed by atoms with Crippen molar-refractivity contribution in [3.63, 3.8) is 0 Å². The van der Waals surface area contributed by atoms with E-state index in [2.05, 4.69) is 20.2 Å². The van der Waals surface area contributed by atoms with Gasteiger partial charge < -0.3 is 15.1 Å². The number of hydrogen-bond donors (Lipinski definition) is 1. The first-order valence-electron chi connectivity index (χ1n) is 13.5. The lowest BCUT2D eigenvalue weighted by molar-refractivity contribution is 0.0841. The van der Waals surface area contributed by atoms with Crippen molar-refractivity contribution in [1.29, 1.82) is 0 Å². The number of carbonyl (C=O) groups is 2. The molecule has 5 rings (SSSR count). The number of carbonyl (C=O) groups excluding carboxylic acids is 2. The molecule has 0 bridgehead atoms. The molecule has 1 aliphatic rings. The van der Waals surface area contributed by atoms with Gasteiger partial charge in [0.25, 0.3) is 5.91 Å². The Bertz CT molecular complexity index is 1390. The van der Waals surface area contributed by atoms with Gasteiger partial charge in [-0.15, -0.1) is 0 Å². The SMILES string of the molecule is O=C(c1ccc(F)cc1)C1CCN(CCN(C(=O)c2ccc(NCc3cccnc3)cc2)c2cccnc2)CC1. The number of rotatable bonds is 10. The summed E-state index contributed by atoms with van der Waals surface area (Å²) in [7, 11) is 0. The molecule has 1 N–H and O–H groups in total. The summed E-state index contributed by atoms with van der Waals surface area (Å²) in [5.74, 6) is -0.422. The smallest absolute Gasteiger partial charge is 0.258 e. The van der Waals surface area contributed by atoms with Crippen molar-refractivity contribution >= 4 is 23.1 Å². The van der Waals surface area contributed by atoms with Crippen LogP contribution in [0.4, 0.5) is 15.8 Å². The van der Waals surface area contributed by atoms with Gasteiger partial charge in [0.1, 0.15) is 5.82 Å². The minimum atomic E-state index is -0.340. The second-order valence-corrected chi connectivity index (χ2v) is 9.95. The fourth-order valence-electron chi connectivity index (χ4n) is 4.96. The Labute approximate surface area is 233 Å². The fourth-order valence-corrected chi connectivity index (χ4v) is 4.96. The summed E-state index contributed by atoms with van der Waals surface area (Å²) in [6.07, 6.45) is 8.45. The van der Waals surface area contributed by atoms with Crippen LogP contribution in [0.1, 0.15) is 39.1 Å². The van der Waals surface area contributed by atoms with Crippen LogP contribution >= 0.6 is 0 Å². The molecule has 0 spiro atoms. The maximum atomic E-state index is 13.6. The summed E-state index contributed by atoms with van der Waals surface area (Å²) in [5.41, 5.74) is 3.90. The van der Waals surface area contributed by atoms with E-state index < -0.39 is 0 Å². The molecule has 3 heterocycles. The zero-order valence-corrected chi connectivity index (χ0v) is 22.2. The van der Waals surface area contributed by atoms with Crippen LogP contribution in [0, 0.1) is 11.7 Å². The van der Waals surface area contributed by atoms with E-state index in [0.717, 1.165) is 42.9 Å². The van der Waals surface area contributed by atoms with Gasteiger partial charge in [0.05, 0.1) is 11.9 Å². The summed E-state index contributed by atoms with van der Waals surface area (Å²) >= 11 is 0. The lowest BCUT2D eigenvalue weighted by Crippen LogP contribution is -2.43. The number of Topliss-reactive ketones (excluding diaryl/α,β-unsaturated/α-hetero) is 1. The summed E-state index contributed by atoms with van der Waals surface area (Å²) in [6.45, 7) is 3.37. The lowest BCUT2D eigenvalue weighted by Gasteiger charge is -2.33. The Hall–Kier alpha value is -4.43. The maximum absolute atomic E-state index is 13.6. The van der Waals surface area contributed by atoms with Crippen LogP contribution in [0.25, 0.3) is 0 Å². The topological polar surface area (TPSA) is 78.4 Å². The van der Waals surface area contributed by atoms with Crippen LogP contribution in [-0.2, 0) is 6.54 Å². The second-order valence-electron chi connectivity index (χ2n) is 9.95. The van der Waals surface area contributed by atoms with Crippen molar-refractivity contribution in [2.75, 3.05) is 36.4 Å². The van der Waals surface area contributed by atoms with E-state index in [1.165, 1.54) is 12.1 Å².